The summed E-state index contributed by atoms with van der Waals surface area (Å²) in [7, 11) is 0. The summed E-state index contributed by atoms with van der Waals surface area (Å²) in [6.45, 7) is 3.76. The Balaban J connectivity index is 2.84. The lowest BCUT2D eigenvalue weighted by atomic mass is 10.2. The van der Waals surface area contributed by atoms with Crippen molar-refractivity contribution in [3.63, 3.8) is 0 Å². The minimum absolute atomic E-state index is 0.101. The lowest BCUT2D eigenvalue weighted by Gasteiger charge is -2.27. The van der Waals surface area contributed by atoms with Crippen molar-refractivity contribution in [1.29, 1.82) is 0 Å². The third kappa shape index (κ3) is 4.48. The second kappa shape index (κ2) is 7.23. The molecule has 1 heterocycles. The molecule has 110 valence electrons. The number of carboxylic acid groups (broad SMARTS) is 1. The van der Waals surface area contributed by atoms with E-state index in [1.165, 1.54) is 21.7 Å². The van der Waals surface area contributed by atoms with E-state index >= 15 is 0 Å². The Morgan fingerprint density at radius 3 is 2.65 bits per heavy atom. The molecule has 0 aliphatic heterocycles. The van der Waals surface area contributed by atoms with Gasteiger partial charge >= 0.3 is 5.97 Å². The molecule has 0 saturated heterocycles. The maximum absolute atomic E-state index is 12.2. The summed E-state index contributed by atoms with van der Waals surface area (Å²) in [6.07, 6.45) is 1.42. The average Bonchev–Trinajstić information content (AvgIpc) is 2.33. The van der Waals surface area contributed by atoms with Gasteiger partial charge in [0.25, 0.3) is 5.56 Å². The standard InChI is InChI=1S/C13H17BrN2O4/c1-3-16(9(2)6-13(19)20)12(18)8-15-7-10(14)4-5-11(15)17/h4-5,7,9H,3,6,8H2,1-2H3,(H,19,20). The third-order valence-electron chi connectivity index (χ3n) is 2.92. The van der Waals surface area contributed by atoms with Crippen LogP contribution in [0, 0.1) is 0 Å². The molecule has 0 aromatic carbocycles. The van der Waals surface area contributed by atoms with Crippen LogP contribution >= 0.6 is 15.9 Å². The Hall–Kier alpha value is -1.63. The van der Waals surface area contributed by atoms with Gasteiger partial charge in [-0.25, -0.2) is 0 Å². The Labute approximate surface area is 125 Å². The zero-order valence-electron chi connectivity index (χ0n) is 11.4. The van der Waals surface area contributed by atoms with Crippen LogP contribution in [0.3, 0.4) is 0 Å². The first-order valence-corrected chi connectivity index (χ1v) is 7.01. The van der Waals surface area contributed by atoms with Gasteiger partial charge in [0.2, 0.25) is 5.91 Å². The van der Waals surface area contributed by atoms with Gasteiger partial charge in [-0.3, -0.25) is 14.4 Å². The summed E-state index contributed by atoms with van der Waals surface area (Å²) >= 11 is 3.24. The first kappa shape index (κ1) is 16.4. The number of aliphatic carboxylic acids is 1. The smallest absolute Gasteiger partial charge is 0.305 e. The highest BCUT2D eigenvalue weighted by molar-refractivity contribution is 9.10. The molecule has 0 aliphatic rings. The molecular formula is C13H17BrN2O4. The molecule has 0 fully saturated rings. The van der Waals surface area contributed by atoms with E-state index < -0.39 is 12.0 Å². The molecule has 1 aromatic rings. The fraction of sp³-hybridized carbons (Fsp3) is 0.462. The minimum Gasteiger partial charge on any atom is -0.481 e. The Morgan fingerprint density at radius 2 is 2.10 bits per heavy atom. The van der Waals surface area contributed by atoms with Crippen LogP contribution in [0.25, 0.3) is 0 Å². The van der Waals surface area contributed by atoms with Gasteiger partial charge in [-0.05, 0) is 35.8 Å². The number of hydrogen-bond acceptors (Lipinski definition) is 3. The molecule has 1 atom stereocenters. The number of hydrogen-bond donors (Lipinski definition) is 1. The summed E-state index contributed by atoms with van der Waals surface area (Å²) in [5.74, 6) is -1.23. The number of carbonyl (C=O) groups is 2. The Morgan fingerprint density at radius 1 is 1.45 bits per heavy atom. The molecule has 0 saturated carbocycles. The monoisotopic (exact) mass is 344 g/mol. The molecule has 7 heteroatoms. The molecule has 20 heavy (non-hydrogen) atoms. The van der Waals surface area contributed by atoms with Crippen molar-refractivity contribution in [1.82, 2.24) is 9.47 Å². The van der Waals surface area contributed by atoms with Crippen LogP contribution in [-0.4, -0.2) is 39.0 Å². The van der Waals surface area contributed by atoms with E-state index in [0.717, 1.165) is 0 Å². The van der Waals surface area contributed by atoms with Gasteiger partial charge in [0, 0.05) is 29.3 Å². The van der Waals surface area contributed by atoms with E-state index in [4.69, 9.17) is 5.11 Å². The van der Waals surface area contributed by atoms with E-state index in [1.807, 2.05) is 0 Å². The fourth-order valence-electron chi connectivity index (χ4n) is 1.96. The lowest BCUT2D eigenvalue weighted by Crippen LogP contribution is -2.42. The number of halogens is 1. The number of amides is 1. The van der Waals surface area contributed by atoms with E-state index in [9.17, 15) is 14.4 Å². The van der Waals surface area contributed by atoms with Crippen LogP contribution in [0.4, 0.5) is 0 Å². The van der Waals surface area contributed by atoms with Crippen molar-refractivity contribution in [3.05, 3.63) is 33.2 Å². The second-order valence-electron chi connectivity index (χ2n) is 4.44. The molecule has 1 unspecified atom stereocenters. The fourth-order valence-corrected chi connectivity index (χ4v) is 2.34. The number of pyridine rings is 1. The summed E-state index contributed by atoms with van der Waals surface area (Å²) in [5.41, 5.74) is -0.275. The molecule has 1 rings (SSSR count). The van der Waals surface area contributed by atoms with Crippen molar-refractivity contribution in [2.45, 2.75) is 32.9 Å². The van der Waals surface area contributed by atoms with Crippen LogP contribution in [0.2, 0.25) is 0 Å². The zero-order chi connectivity index (χ0) is 15.3. The molecular weight excluding hydrogens is 328 g/mol. The number of carbonyl (C=O) groups excluding carboxylic acids is 1. The van der Waals surface area contributed by atoms with Crippen LogP contribution in [0.15, 0.2) is 27.6 Å². The van der Waals surface area contributed by atoms with Gasteiger partial charge in [0.1, 0.15) is 6.54 Å². The Kier molecular flexibility index (Phi) is 5.94. The van der Waals surface area contributed by atoms with Crippen molar-refractivity contribution in [3.8, 4) is 0 Å². The number of nitrogens with zero attached hydrogens (tertiary/aromatic N) is 2. The third-order valence-corrected chi connectivity index (χ3v) is 3.39. The van der Waals surface area contributed by atoms with Crippen molar-refractivity contribution in [2.75, 3.05) is 6.54 Å². The van der Waals surface area contributed by atoms with E-state index in [2.05, 4.69) is 15.9 Å². The molecule has 1 N–H and O–H groups in total. The van der Waals surface area contributed by atoms with Crippen LogP contribution < -0.4 is 5.56 Å². The van der Waals surface area contributed by atoms with Gasteiger partial charge in [-0.15, -0.1) is 0 Å². The van der Waals surface area contributed by atoms with Crippen molar-refractivity contribution in [2.24, 2.45) is 0 Å². The van der Waals surface area contributed by atoms with Gasteiger partial charge < -0.3 is 14.6 Å². The first-order chi connectivity index (χ1) is 9.35. The highest BCUT2D eigenvalue weighted by Crippen LogP contribution is 2.08. The van der Waals surface area contributed by atoms with Crippen LogP contribution in [0.5, 0.6) is 0 Å². The Bertz CT molecular complexity index is 556. The van der Waals surface area contributed by atoms with Crippen molar-refractivity contribution < 1.29 is 14.7 Å². The number of likely N-dealkylation sites (N-methyl/N-ethyl adjacent to an activating group) is 1. The lowest BCUT2D eigenvalue weighted by molar-refractivity contribution is -0.140. The predicted octanol–water partition coefficient (Wildman–Crippen LogP) is 1.32. The molecule has 0 aliphatic carbocycles. The van der Waals surface area contributed by atoms with E-state index in [1.54, 1.807) is 19.9 Å². The van der Waals surface area contributed by atoms with Crippen molar-refractivity contribution >= 4 is 27.8 Å². The molecule has 1 aromatic heterocycles. The SMILES string of the molecule is CCN(C(=O)Cn1cc(Br)ccc1=O)C(C)CC(=O)O. The average molecular weight is 345 g/mol. The quantitative estimate of drug-likeness (QED) is 0.843. The highest BCUT2D eigenvalue weighted by Gasteiger charge is 2.21. The zero-order valence-corrected chi connectivity index (χ0v) is 13.0. The second-order valence-corrected chi connectivity index (χ2v) is 5.36. The topological polar surface area (TPSA) is 79.6 Å². The maximum Gasteiger partial charge on any atom is 0.305 e. The number of aromatic nitrogens is 1. The summed E-state index contributed by atoms with van der Waals surface area (Å²) < 4.78 is 1.99. The largest absolute Gasteiger partial charge is 0.481 e. The molecule has 0 spiro atoms. The first-order valence-electron chi connectivity index (χ1n) is 6.22. The molecule has 0 bridgehead atoms. The molecule has 6 nitrogen and oxygen atoms in total. The van der Waals surface area contributed by atoms with Gasteiger partial charge in [-0.1, -0.05) is 0 Å². The maximum atomic E-state index is 12.2. The van der Waals surface area contributed by atoms with E-state index in [0.29, 0.717) is 11.0 Å². The summed E-state index contributed by atoms with van der Waals surface area (Å²) in [5, 5.41) is 8.78. The molecule has 0 radical (unpaired) electrons. The van der Waals surface area contributed by atoms with E-state index in [-0.39, 0.29) is 24.4 Å². The van der Waals surface area contributed by atoms with Gasteiger partial charge in [-0.2, -0.15) is 0 Å². The van der Waals surface area contributed by atoms with Crippen LogP contribution in [-0.2, 0) is 16.1 Å². The molecule has 1 amide bonds. The highest BCUT2D eigenvalue weighted by atomic mass is 79.9. The normalized spacial score (nSPS) is 11.9. The van der Waals surface area contributed by atoms with Gasteiger partial charge in [0.15, 0.2) is 0 Å². The van der Waals surface area contributed by atoms with Crippen LogP contribution in [0.1, 0.15) is 20.3 Å². The number of rotatable bonds is 6. The minimum atomic E-state index is -0.955. The summed E-state index contributed by atoms with van der Waals surface area (Å²) in [4.78, 5) is 36.0. The predicted molar refractivity (Wildman–Crippen MR) is 77.5 cm³/mol. The number of carboxylic acids is 1. The van der Waals surface area contributed by atoms with Gasteiger partial charge in [0.05, 0.1) is 6.42 Å². The summed E-state index contributed by atoms with van der Waals surface area (Å²) in [6, 6.07) is 2.57.